The zero-order valence-electron chi connectivity index (χ0n) is 19.0. The van der Waals surface area contributed by atoms with Gasteiger partial charge in [0.2, 0.25) is 15.9 Å². The Balaban J connectivity index is 1.48. The van der Waals surface area contributed by atoms with Crippen molar-refractivity contribution in [3.05, 3.63) is 0 Å². The number of carbonyl (C=O) groups excluding carboxylic acids is 1. The summed E-state index contributed by atoms with van der Waals surface area (Å²) in [5.74, 6) is 0.405. The number of aliphatic hydroxyl groups excluding tert-OH is 1. The van der Waals surface area contributed by atoms with Gasteiger partial charge in [-0.2, -0.15) is 0 Å². The molecule has 0 unspecified atom stereocenters. The normalized spacial score (nSPS) is 43.4. The third-order valence-electron chi connectivity index (χ3n) is 8.60. The molecule has 0 aromatic carbocycles. The van der Waals surface area contributed by atoms with E-state index in [9.17, 15) is 18.3 Å². The molecule has 0 spiro atoms. The van der Waals surface area contributed by atoms with E-state index in [-0.39, 0.29) is 41.2 Å². The van der Waals surface area contributed by atoms with Crippen LogP contribution in [0.25, 0.3) is 0 Å². The fourth-order valence-corrected chi connectivity index (χ4v) is 7.34. The molecule has 4 rings (SSSR count). The van der Waals surface area contributed by atoms with Gasteiger partial charge in [-0.15, -0.1) is 0 Å². The topological polar surface area (TPSA) is 105 Å². The number of aliphatic hydroxyl groups is 1. The van der Waals surface area contributed by atoms with Crippen LogP contribution in [0.3, 0.4) is 0 Å². The highest BCUT2D eigenvalue weighted by molar-refractivity contribution is 7.88. The van der Waals surface area contributed by atoms with Crippen LogP contribution >= 0.6 is 0 Å². The second-order valence-corrected chi connectivity index (χ2v) is 12.5. The summed E-state index contributed by atoms with van der Waals surface area (Å²) in [6.07, 6.45) is 5.92. The van der Waals surface area contributed by atoms with Gasteiger partial charge in [-0.1, -0.05) is 13.8 Å². The van der Waals surface area contributed by atoms with E-state index in [4.69, 9.17) is 9.47 Å². The van der Waals surface area contributed by atoms with Crippen molar-refractivity contribution in [1.82, 2.24) is 9.62 Å². The summed E-state index contributed by atoms with van der Waals surface area (Å²) in [4.78, 5) is 14.9. The Morgan fingerprint density at radius 3 is 2.55 bits per heavy atom. The zero-order chi connectivity index (χ0) is 22.4. The predicted molar refractivity (Wildman–Crippen MR) is 116 cm³/mol. The summed E-state index contributed by atoms with van der Waals surface area (Å²) >= 11 is 0. The van der Waals surface area contributed by atoms with E-state index in [1.807, 2.05) is 4.90 Å². The number of rotatable bonds is 5. The van der Waals surface area contributed by atoms with E-state index in [0.717, 1.165) is 51.4 Å². The first kappa shape index (κ1) is 23.4. The summed E-state index contributed by atoms with van der Waals surface area (Å²) in [5, 5.41) is 10.9. The minimum atomic E-state index is -3.30. The van der Waals surface area contributed by atoms with Crippen molar-refractivity contribution in [2.24, 2.45) is 22.7 Å². The molecule has 31 heavy (non-hydrogen) atoms. The third kappa shape index (κ3) is 4.53. The second kappa shape index (κ2) is 8.56. The van der Waals surface area contributed by atoms with Crippen molar-refractivity contribution in [3.63, 3.8) is 0 Å². The van der Waals surface area contributed by atoms with Gasteiger partial charge in [-0.25, -0.2) is 13.1 Å². The number of nitrogens with zero attached hydrogens (tertiary/aromatic N) is 1. The molecular weight excluding hydrogens is 420 g/mol. The highest BCUT2D eigenvalue weighted by Crippen LogP contribution is 2.62. The number of nitrogens with one attached hydrogen (secondary N) is 1. The quantitative estimate of drug-likeness (QED) is 0.647. The Hall–Kier alpha value is -0.740. The highest BCUT2D eigenvalue weighted by atomic mass is 32.2. The van der Waals surface area contributed by atoms with E-state index in [1.54, 1.807) is 0 Å². The van der Waals surface area contributed by atoms with Crippen molar-refractivity contribution in [1.29, 1.82) is 0 Å². The van der Waals surface area contributed by atoms with E-state index < -0.39 is 22.4 Å². The molecule has 0 aromatic heterocycles. The van der Waals surface area contributed by atoms with Gasteiger partial charge in [0.1, 0.15) is 0 Å². The minimum absolute atomic E-state index is 0.0177. The van der Waals surface area contributed by atoms with Gasteiger partial charge >= 0.3 is 0 Å². The van der Waals surface area contributed by atoms with Gasteiger partial charge in [0.05, 0.1) is 31.6 Å². The summed E-state index contributed by atoms with van der Waals surface area (Å²) < 4.78 is 37.5. The molecule has 2 N–H and O–H groups in total. The lowest BCUT2D eigenvalue weighted by atomic mass is 9.46. The predicted octanol–water partition coefficient (Wildman–Crippen LogP) is 1.48. The van der Waals surface area contributed by atoms with Crippen LogP contribution in [0.4, 0.5) is 0 Å². The van der Waals surface area contributed by atoms with Crippen molar-refractivity contribution >= 4 is 15.9 Å². The van der Waals surface area contributed by atoms with Crippen LogP contribution in [0, 0.1) is 22.7 Å². The Morgan fingerprint density at radius 2 is 1.87 bits per heavy atom. The SMILES string of the molecule is C[C@@]12CO[C@@H](CNS(C)(=O)=O)O[C@@H]1CC[C@]1(C)[C@@H]2CC[C@@H](O)[C@H]1CC(=O)N1CCCC1. The molecule has 4 aliphatic rings. The molecule has 8 nitrogen and oxygen atoms in total. The van der Waals surface area contributed by atoms with Gasteiger partial charge in [-0.05, 0) is 55.8 Å². The van der Waals surface area contributed by atoms with E-state index in [2.05, 4.69) is 18.6 Å². The number of carbonyl (C=O) groups is 1. The van der Waals surface area contributed by atoms with Crippen LogP contribution in [0.1, 0.15) is 58.8 Å². The average Bonchev–Trinajstić information content (AvgIpc) is 3.23. The van der Waals surface area contributed by atoms with Crippen LogP contribution < -0.4 is 4.72 Å². The molecule has 4 fully saturated rings. The molecule has 0 bridgehead atoms. The van der Waals surface area contributed by atoms with Crippen molar-refractivity contribution < 1.29 is 27.8 Å². The van der Waals surface area contributed by atoms with Crippen LogP contribution in [0.15, 0.2) is 0 Å². The average molecular weight is 459 g/mol. The van der Waals surface area contributed by atoms with E-state index in [1.165, 1.54) is 0 Å². The lowest BCUT2D eigenvalue weighted by Crippen LogP contribution is -2.63. The maximum absolute atomic E-state index is 12.9. The lowest BCUT2D eigenvalue weighted by Gasteiger charge is -2.63. The maximum atomic E-state index is 12.9. The van der Waals surface area contributed by atoms with Crippen LogP contribution in [0.2, 0.25) is 0 Å². The zero-order valence-corrected chi connectivity index (χ0v) is 19.8. The molecule has 2 heterocycles. The second-order valence-electron chi connectivity index (χ2n) is 10.6. The molecule has 0 radical (unpaired) electrons. The largest absolute Gasteiger partial charge is 0.393 e. The number of amides is 1. The Labute approximate surface area is 186 Å². The molecule has 9 heteroatoms. The Kier molecular flexibility index (Phi) is 6.46. The minimum Gasteiger partial charge on any atom is -0.393 e. The number of hydrogen-bond donors (Lipinski definition) is 2. The van der Waals surface area contributed by atoms with Gasteiger partial charge in [0.25, 0.3) is 0 Å². The van der Waals surface area contributed by atoms with Gasteiger partial charge in [0.15, 0.2) is 6.29 Å². The summed E-state index contributed by atoms with van der Waals surface area (Å²) in [7, 11) is -3.30. The number of fused-ring (bicyclic) bond motifs is 3. The highest BCUT2D eigenvalue weighted by Gasteiger charge is 2.61. The fourth-order valence-electron chi connectivity index (χ4n) is 6.90. The standard InChI is InChI=1S/C22H38N2O6S/c1-21-9-8-18-22(2,14-29-20(30-18)13-23-31(3,27)28)17(21)7-6-16(25)15(21)12-19(26)24-10-4-5-11-24/h15-18,20,23,25H,4-14H2,1-3H3/t15-,16-,17+,18-,20-,21+,22+/m1/s1. The first-order valence-corrected chi connectivity index (χ1v) is 13.6. The molecule has 2 aliphatic carbocycles. The number of likely N-dealkylation sites (tertiary alicyclic amines) is 1. The van der Waals surface area contributed by atoms with Gasteiger partial charge in [-0.3, -0.25) is 4.79 Å². The number of ether oxygens (including phenoxy) is 2. The monoisotopic (exact) mass is 458 g/mol. The van der Waals surface area contributed by atoms with Crippen molar-refractivity contribution in [3.8, 4) is 0 Å². The summed E-state index contributed by atoms with van der Waals surface area (Å²) in [6, 6.07) is 0. The summed E-state index contributed by atoms with van der Waals surface area (Å²) in [6.45, 7) is 6.74. The summed E-state index contributed by atoms with van der Waals surface area (Å²) in [5.41, 5.74) is -0.369. The molecular formula is C22H38N2O6S. The fraction of sp³-hybridized carbons (Fsp3) is 0.955. The van der Waals surface area contributed by atoms with E-state index in [0.29, 0.717) is 19.4 Å². The lowest BCUT2D eigenvalue weighted by molar-refractivity contribution is -0.306. The van der Waals surface area contributed by atoms with E-state index >= 15 is 0 Å². The first-order chi connectivity index (χ1) is 14.5. The van der Waals surface area contributed by atoms with Crippen molar-refractivity contribution in [2.45, 2.75) is 77.3 Å². The smallest absolute Gasteiger partial charge is 0.222 e. The number of sulfonamides is 1. The molecule has 0 aromatic rings. The molecule has 2 aliphatic heterocycles. The molecule has 1 amide bonds. The number of hydrogen-bond acceptors (Lipinski definition) is 6. The van der Waals surface area contributed by atoms with Crippen molar-refractivity contribution in [2.75, 3.05) is 32.5 Å². The first-order valence-electron chi connectivity index (χ1n) is 11.7. The maximum Gasteiger partial charge on any atom is 0.222 e. The molecule has 2 saturated heterocycles. The Morgan fingerprint density at radius 1 is 1.16 bits per heavy atom. The van der Waals surface area contributed by atoms with Gasteiger partial charge < -0.3 is 19.5 Å². The molecule has 2 saturated carbocycles. The molecule has 178 valence electrons. The van der Waals surface area contributed by atoms with Crippen LogP contribution in [-0.4, -0.2) is 75.3 Å². The Bertz CT molecular complexity index is 785. The molecule has 7 atom stereocenters. The van der Waals surface area contributed by atoms with Crippen LogP contribution in [-0.2, 0) is 24.3 Å². The third-order valence-corrected chi connectivity index (χ3v) is 9.29. The van der Waals surface area contributed by atoms with Gasteiger partial charge in [0, 0.05) is 24.9 Å². The van der Waals surface area contributed by atoms with Crippen LogP contribution in [0.5, 0.6) is 0 Å².